The lowest BCUT2D eigenvalue weighted by Crippen LogP contribution is -2.34. The Hall–Kier alpha value is -1.30. The van der Waals surface area contributed by atoms with Crippen molar-refractivity contribution >= 4 is 0 Å². The van der Waals surface area contributed by atoms with E-state index in [-0.39, 0.29) is 11.6 Å². The molecule has 5 nitrogen and oxygen atoms in total. The summed E-state index contributed by atoms with van der Waals surface area (Å²) in [5.74, 6) is 6.96. The first-order valence-electron chi connectivity index (χ1n) is 6.23. The summed E-state index contributed by atoms with van der Waals surface area (Å²) >= 11 is 0. The molecule has 1 atom stereocenters. The van der Waals surface area contributed by atoms with Crippen molar-refractivity contribution in [2.45, 2.75) is 32.4 Å². The molecule has 0 aromatic heterocycles. The number of benzene rings is 1. The van der Waals surface area contributed by atoms with Gasteiger partial charge in [0.1, 0.15) is 0 Å². The summed E-state index contributed by atoms with van der Waals surface area (Å²) in [6.07, 6.45) is 0. The predicted molar refractivity (Wildman–Crippen MR) is 75.3 cm³/mol. The van der Waals surface area contributed by atoms with E-state index in [1.54, 1.807) is 14.2 Å². The first kappa shape index (κ1) is 15.8. The van der Waals surface area contributed by atoms with Crippen LogP contribution >= 0.6 is 0 Å². The van der Waals surface area contributed by atoms with E-state index in [0.717, 1.165) is 5.56 Å². The Bertz CT molecular complexity index is 402. The van der Waals surface area contributed by atoms with Gasteiger partial charge in [-0.25, -0.2) is 0 Å². The van der Waals surface area contributed by atoms with Crippen LogP contribution in [0.2, 0.25) is 0 Å². The van der Waals surface area contributed by atoms with Crippen LogP contribution in [0.3, 0.4) is 0 Å². The number of hydrogen-bond acceptors (Lipinski definition) is 5. The molecule has 0 saturated carbocycles. The molecular weight excluding hydrogens is 244 g/mol. The van der Waals surface area contributed by atoms with E-state index in [1.807, 2.05) is 39.0 Å². The molecule has 1 aromatic carbocycles. The average molecular weight is 268 g/mol. The zero-order valence-electron chi connectivity index (χ0n) is 12.3. The van der Waals surface area contributed by atoms with Gasteiger partial charge in [0.2, 0.25) is 0 Å². The molecule has 0 heterocycles. The lowest BCUT2D eigenvalue weighted by atomic mass is 10.1. The summed E-state index contributed by atoms with van der Waals surface area (Å²) in [5.41, 5.74) is 3.55. The van der Waals surface area contributed by atoms with Gasteiger partial charge in [0.05, 0.1) is 32.5 Å². The van der Waals surface area contributed by atoms with Gasteiger partial charge in [-0.3, -0.25) is 11.3 Å². The third kappa shape index (κ3) is 4.70. The quantitative estimate of drug-likeness (QED) is 0.610. The molecule has 1 aromatic rings. The molecule has 0 saturated heterocycles. The fraction of sp³-hybridized carbons (Fsp3) is 0.571. The molecular formula is C14H24N2O3. The number of hydrazine groups is 1. The highest BCUT2D eigenvalue weighted by Crippen LogP contribution is 2.30. The second kappa shape index (κ2) is 6.75. The smallest absolute Gasteiger partial charge is 0.161 e. The maximum absolute atomic E-state index is 5.75. The fourth-order valence-electron chi connectivity index (χ4n) is 1.64. The second-order valence-corrected chi connectivity index (χ2v) is 5.26. The van der Waals surface area contributed by atoms with Crippen LogP contribution < -0.4 is 20.7 Å². The fourth-order valence-corrected chi connectivity index (χ4v) is 1.64. The summed E-state index contributed by atoms with van der Waals surface area (Å²) < 4.78 is 16.2. The summed E-state index contributed by atoms with van der Waals surface area (Å²) in [4.78, 5) is 0. The molecule has 0 fully saturated rings. The van der Waals surface area contributed by atoms with E-state index in [9.17, 15) is 0 Å². The van der Waals surface area contributed by atoms with E-state index >= 15 is 0 Å². The molecule has 0 spiro atoms. The van der Waals surface area contributed by atoms with Crippen molar-refractivity contribution in [3.63, 3.8) is 0 Å². The van der Waals surface area contributed by atoms with Gasteiger partial charge in [0.25, 0.3) is 0 Å². The van der Waals surface area contributed by atoms with Crippen LogP contribution in [0.15, 0.2) is 18.2 Å². The van der Waals surface area contributed by atoms with Gasteiger partial charge in [0, 0.05) is 0 Å². The largest absolute Gasteiger partial charge is 0.493 e. The number of ether oxygens (including phenoxy) is 3. The van der Waals surface area contributed by atoms with Gasteiger partial charge >= 0.3 is 0 Å². The molecule has 1 unspecified atom stereocenters. The maximum Gasteiger partial charge on any atom is 0.161 e. The highest BCUT2D eigenvalue weighted by atomic mass is 16.5. The van der Waals surface area contributed by atoms with Gasteiger partial charge < -0.3 is 14.2 Å². The molecule has 0 aliphatic carbocycles. The highest BCUT2D eigenvalue weighted by Gasteiger charge is 2.17. The minimum atomic E-state index is -0.203. The van der Waals surface area contributed by atoms with Crippen LogP contribution in [0.4, 0.5) is 0 Å². The number of rotatable bonds is 6. The van der Waals surface area contributed by atoms with Crippen molar-refractivity contribution in [1.29, 1.82) is 0 Å². The maximum atomic E-state index is 5.75. The SMILES string of the molecule is COc1ccc(C(COC(C)(C)C)NN)cc1OC. The first-order valence-corrected chi connectivity index (χ1v) is 6.23. The number of nitrogens with one attached hydrogen (secondary N) is 1. The molecule has 0 radical (unpaired) electrons. The van der Waals surface area contributed by atoms with Crippen molar-refractivity contribution in [2.75, 3.05) is 20.8 Å². The summed E-state index contributed by atoms with van der Waals surface area (Å²) in [5, 5.41) is 0. The van der Waals surface area contributed by atoms with Crippen molar-refractivity contribution in [3.05, 3.63) is 23.8 Å². The third-order valence-corrected chi connectivity index (χ3v) is 2.69. The van der Waals surface area contributed by atoms with Crippen molar-refractivity contribution in [1.82, 2.24) is 5.43 Å². The van der Waals surface area contributed by atoms with Crippen molar-refractivity contribution < 1.29 is 14.2 Å². The summed E-state index contributed by atoms with van der Waals surface area (Å²) in [7, 11) is 3.22. The molecule has 0 amide bonds. The number of hydrogen-bond donors (Lipinski definition) is 2. The third-order valence-electron chi connectivity index (χ3n) is 2.69. The van der Waals surface area contributed by atoms with Crippen LogP contribution in [0, 0.1) is 0 Å². The normalized spacial score (nSPS) is 13.2. The van der Waals surface area contributed by atoms with E-state index < -0.39 is 0 Å². The van der Waals surface area contributed by atoms with Crippen LogP contribution in [-0.2, 0) is 4.74 Å². The molecule has 19 heavy (non-hydrogen) atoms. The number of nitrogens with two attached hydrogens (primary N) is 1. The minimum absolute atomic E-state index is 0.0981. The second-order valence-electron chi connectivity index (χ2n) is 5.26. The molecule has 3 N–H and O–H groups in total. The summed E-state index contributed by atoms with van der Waals surface area (Å²) in [6.45, 7) is 6.51. The van der Waals surface area contributed by atoms with Gasteiger partial charge in [-0.2, -0.15) is 0 Å². The van der Waals surface area contributed by atoms with Gasteiger partial charge in [-0.1, -0.05) is 6.07 Å². The Kier molecular flexibility index (Phi) is 5.60. The molecule has 1 rings (SSSR count). The van der Waals surface area contributed by atoms with E-state index in [1.165, 1.54) is 0 Å². The van der Waals surface area contributed by atoms with Crippen LogP contribution in [0.25, 0.3) is 0 Å². The van der Waals surface area contributed by atoms with Gasteiger partial charge in [-0.05, 0) is 38.5 Å². The zero-order valence-corrected chi connectivity index (χ0v) is 12.3. The van der Waals surface area contributed by atoms with Crippen LogP contribution in [-0.4, -0.2) is 26.4 Å². The lowest BCUT2D eigenvalue weighted by molar-refractivity contribution is -0.0148. The van der Waals surface area contributed by atoms with Crippen LogP contribution in [0.5, 0.6) is 11.5 Å². The molecule has 5 heteroatoms. The van der Waals surface area contributed by atoms with Gasteiger partial charge in [-0.15, -0.1) is 0 Å². The monoisotopic (exact) mass is 268 g/mol. The average Bonchev–Trinajstić information content (AvgIpc) is 2.37. The predicted octanol–water partition coefficient (Wildman–Crippen LogP) is 2.02. The Morgan fingerprint density at radius 2 is 1.79 bits per heavy atom. The van der Waals surface area contributed by atoms with E-state index in [0.29, 0.717) is 18.1 Å². The lowest BCUT2D eigenvalue weighted by Gasteiger charge is -2.24. The van der Waals surface area contributed by atoms with Crippen molar-refractivity contribution in [2.24, 2.45) is 5.84 Å². The zero-order chi connectivity index (χ0) is 14.5. The summed E-state index contributed by atoms with van der Waals surface area (Å²) in [6, 6.07) is 5.60. The Morgan fingerprint density at radius 3 is 2.26 bits per heavy atom. The minimum Gasteiger partial charge on any atom is -0.493 e. The molecule has 0 aliphatic rings. The molecule has 0 aliphatic heterocycles. The Labute approximate surface area is 115 Å². The standard InChI is InChI=1S/C14H24N2O3/c1-14(2,3)19-9-11(16-15)10-6-7-12(17-4)13(8-10)18-5/h6-8,11,16H,9,15H2,1-5H3. The van der Waals surface area contributed by atoms with E-state index in [2.05, 4.69) is 5.43 Å². The van der Waals surface area contributed by atoms with E-state index in [4.69, 9.17) is 20.1 Å². The number of methoxy groups -OCH3 is 2. The van der Waals surface area contributed by atoms with Gasteiger partial charge in [0.15, 0.2) is 11.5 Å². The highest BCUT2D eigenvalue weighted by molar-refractivity contribution is 5.43. The Morgan fingerprint density at radius 1 is 1.16 bits per heavy atom. The first-order chi connectivity index (χ1) is 8.91. The van der Waals surface area contributed by atoms with Crippen molar-refractivity contribution in [3.8, 4) is 11.5 Å². The Balaban J connectivity index is 2.86. The topological polar surface area (TPSA) is 65.7 Å². The molecule has 0 bridgehead atoms. The molecule has 108 valence electrons. The van der Waals surface area contributed by atoms with Crippen LogP contribution in [0.1, 0.15) is 32.4 Å².